The fraction of sp³-hybridized carbons (Fsp3) is 0.529. The molecule has 0 spiro atoms. The minimum atomic E-state index is -0.0426. The molecule has 5 heteroatoms. The molecule has 0 aliphatic heterocycles. The van der Waals surface area contributed by atoms with E-state index in [9.17, 15) is 4.79 Å². The standard InChI is InChI=1S/C17H23N3O2/c1-4-7-22-14-9-13(10-14)19-17(21)15-5-6-20-12(3)8-11(2)18-16(15)20/h5-6,8,13-14H,4,7,9-10H2,1-3H3,(H,19,21). The molecule has 2 heterocycles. The average molecular weight is 301 g/mol. The fourth-order valence-electron chi connectivity index (χ4n) is 2.94. The lowest BCUT2D eigenvalue weighted by Gasteiger charge is -2.35. The van der Waals surface area contributed by atoms with Crippen LogP contribution in [0.3, 0.4) is 0 Å². The summed E-state index contributed by atoms with van der Waals surface area (Å²) in [5, 5.41) is 3.08. The lowest BCUT2D eigenvalue weighted by molar-refractivity contribution is -0.0147. The summed E-state index contributed by atoms with van der Waals surface area (Å²) in [5.74, 6) is -0.0426. The molecule has 1 fully saturated rings. The highest BCUT2D eigenvalue weighted by Gasteiger charge is 2.31. The molecule has 0 saturated heterocycles. The summed E-state index contributed by atoms with van der Waals surface area (Å²) in [7, 11) is 0. The third-order valence-electron chi connectivity index (χ3n) is 4.17. The van der Waals surface area contributed by atoms with Crippen LogP contribution in [0.4, 0.5) is 0 Å². The number of carbonyl (C=O) groups is 1. The Labute approximate surface area is 130 Å². The van der Waals surface area contributed by atoms with Gasteiger partial charge in [0.1, 0.15) is 5.65 Å². The number of nitrogens with zero attached hydrogens (tertiary/aromatic N) is 2. The lowest BCUT2D eigenvalue weighted by atomic mass is 9.89. The predicted octanol–water partition coefficient (Wildman–Crippen LogP) is 2.64. The van der Waals surface area contributed by atoms with Gasteiger partial charge in [0.2, 0.25) is 0 Å². The van der Waals surface area contributed by atoms with Crippen molar-refractivity contribution in [2.24, 2.45) is 0 Å². The van der Waals surface area contributed by atoms with Crippen molar-refractivity contribution in [1.82, 2.24) is 14.7 Å². The van der Waals surface area contributed by atoms with E-state index < -0.39 is 0 Å². The molecule has 0 unspecified atom stereocenters. The third kappa shape index (κ3) is 2.86. The number of amides is 1. The number of hydrogen-bond acceptors (Lipinski definition) is 3. The van der Waals surface area contributed by atoms with Crippen molar-refractivity contribution < 1.29 is 9.53 Å². The first-order valence-electron chi connectivity index (χ1n) is 7.96. The van der Waals surface area contributed by atoms with Crippen LogP contribution in [-0.4, -0.2) is 34.0 Å². The van der Waals surface area contributed by atoms with Crippen LogP contribution in [0.25, 0.3) is 5.65 Å². The average Bonchev–Trinajstić information content (AvgIpc) is 2.85. The van der Waals surface area contributed by atoms with E-state index in [-0.39, 0.29) is 11.9 Å². The maximum Gasteiger partial charge on any atom is 0.255 e. The van der Waals surface area contributed by atoms with Crippen molar-refractivity contribution in [3.63, 3.8) is 0 Å². The van der Waals surface area contributed by atoms with Crippen molar-refractivity contribution in [2.45, 2.75) is 52.2 Å². The highest BCUT2D eigenvalue weighted by Crippen LogP contribution is 2.24. The molecular weight excluding hydrogens is 278 g/mol. The molecule has 0 atom stereocenters. The highest BCUT2D eigenvalue weighted by atomic mass is 16.5. The predicted molar refractivity (Wildman–Crippen MR) is 85.2 cm³/mol. The van der Waals surface area contributed by atoms with E-state index in [2.05, 4.69) is 17.2 Å². The molecule has 1 amide bonds. The largest absolute Gasteiger partial charge is 0.378 e. The van der Waals surface area contributed by atoms with Gasteiger partial charge >= 0.3 is 0 Å². The number of ether oxygens (including phenoxy) is 1. The van der Waals surface area contributed by atoms with Crippen molar-refractivity contribution in [2.75, 3.05) is 6.61 Å². The van der Waals surface area contributed by atoms with E-state index in [4.69, 9.17) is 4.74 Å². The van der Waals surface area contributed by atoms with Crippen LogP contribution >= 0.6 is 0 Å². The summed E-state index contributed by atoms with van der Waals surface area (Å²) in [5.41, 5.74) is 3.38. The Morgan fingerprint density at radius 1 is 1.45 bits per heavy atom. The lowest BCUT2D eigenvalue weighted by Crippen LogP contribution is -2.47. The van der Waals surface area contributed by atoms with Gasteiger partial charge in [-0.2, -0.15) is 0 Å². The van der Waals surface area contributed by atoms with Gasteiger partial charge in [0, 0.05) is 30.2 Å². The molecule has 1 N–H and O–H groups in total. The van der Waals surface area contributed by atoms with E-state index >= 15 is 0 Å². The van der Waals surface area contributed by atoms with Gasteiger partial charge in [0.05, 0.1) is 11.7 Å². The van der Waals surface area contributed by atoms with Crippen LogP contribution in [-0.2, 0) is 4.74 Å². The van der Waals surface area contributed by atoms with Gasteiger partial charge in [-0.1, -0.05) is 6.92 Å². The Bertz CT molecular complexity index is 687. The topological polar surface area (TPSA) is 55.6 Å². The number of carbonyl (C=O) groups excluding carboxylic acids is 1. The van der Waals surface area contributed by atoms with Crippen LogP contribution in [0.5, 0.6) is 0 Å². The number of aromatic nitrogens is 2. The molecular formula is C17H23N3O2. The van der Waals surface area contributed by atoms with E-state index in [1.807, 2.05) is 36.6 Å². The Kier molecular flexibility index (Phi) is 4.16. The van der Waals surface area contributed by atoms with Crippen LogP contribution < -0.4 is 5.32 Å². The Morgan fingerprint density at radius 2 is 2.23 bits per heavy atom. The molecule has 1 aliphatic carbocycles. The molecule has 3 rings (SSSR count). The maximum atomic E-state index is 12.5. The van der Waals surface area contributed by atoms with Crippen LogP contribution in [0, 0.1) is 13.8 Å². The van der Waals surface area contributed by atoms with E-state index in [0.29, 0.717) is 11.7 Å². The maximum absolute atomic E-state index is 12.5. The van der Waals surface area contributed by atoms with Gasteiger partial charge in [-0.05, 0) is 45.2 Å². The second-order valence-electron chi connectivity index (χ2n) is 6.10. The van der Waals surface area contributed by atoms with Gasteiger partial charge in [0.15, 0.2) is 0 Å². The van der Waals surface area contributed by atoms with Gasteiger partial charge in [-0.25, -0.2) is 4.98 Å². The Hall–Kier alpha value is -1.88. The fourth-order valence-corrected chi connectivity index (χ4v) is 2.94. The van der Waals surface area contributed by atoms with Gasteiger partial charge in [-0.15, -0.1) is 0 Å². The molecule has 5 nitrogen and oxygen atoms in total. The summed E-state index contributed by atoms with van der Waals surface area (Å²) in [6.45, 7) is 6.87. The minimum Gasteiger partial charge on any atom is -0.378 e. The first-order chi connectivity index (χ1) is 10.6. The van der Waals surface area contributed by atoms with Crippen molar-refractivity contribution in [3.8, 4) is 0 Å². The van der Waals surface area contributed by atoms with Crippen LogP contribution in [0.15, 0.2) is 18.3 Å². The second kappa shape index (κ2) is 6.08. The summed E-state index contributed by atoms with van der Waals surface area (Å²) >= 11 is 0. The molecule has 1 saturated carbocycles. The van der Waals surface area contributed by atoms with E-state index in [0.717, 1.165) is 42.9 Å². The summed E-state index contributed by atoms with van der Waals surface area (Å²) in [6.07, 6.45) is 5.05. The van der Waals surface area contributed by atoms with Crippen LogP contribution in [0.1, 0.15) is 47.9 Å². The number of rotatable bonds is 5. The van der Waals surface area contributed by atoms with Crippen LogP contribution in [0.2, 0.25) is 0 Å². The molecule has 2 aromatic heterocycles. The number of fused-ring (bicyclic) bond motifs is 1. The third-order valence-corrected chi connectivity index (χ3v) is 4.17. The number of aryl methyl sites for hydroxylation is 2. The first kappa shape index (κ1) is 15.0. The zero-order chi connectivity index (χ0) is 15.7. The summed E-state index contributed by atoms with van der Waals surface area (Å²) in [6, 6.07) is 4.07. The molecule has 22 heavy (non-hydrogen) atoms. The summed E-state index contributed by atoms with van der Waals surface area (Å²) in [4.78, 5) is 17.0. The van der Waals surface area contributed by atoms with E-state index in [1.165, 1.54) is 0 Å². The minimum absolute atomic E-state index is 0.0426. The quantitative estimate of drug-likeness (QED) is 0.923. The molecule has 0 bridgehead atoms. The highest BCUT2D eigenvalue weighted by molar-refractivity contribution is 6.00. The molecule has 2 aromatic rings. The number of hydrogen-bond donors (Lipinski definition) is 1. The second-order valence-corrected chi connectivity index (χ2v) is 6.10. The number of nitrogens with one attached hydrogen (secondary N) is 1. The normalized spacial score (nSPS) is 20.9. The van der Waals surface area contributed by atoms with Gasteiger partial charge in [-0.3, -0.25) is 4.79 Å². The molecule has 0 aromatic carbocycles. The van der Waals surface area contributed by atoms with Crippen molar-refractivity contribution in [1.29, 1.82) is 0 Å². The van der Waals surface area contributed by atoms with Gasteiger partial charge in [0.25, 0.3) is 5.91 Å². The Morgan fingerprint density at radius 3 is 2.95 bits per heavy atom. The first-order valence-corrected chi connectivity index (χ1v) is 7.96. The zero-order valence-electron chi connectivity index (χ0n) is 13.4. The molecule has 1 aliphatic rings. The van der Waals surface area contributed by atoms with E-state index in [1.54, 1.807) is 0 Å². The molecule has 0 radical (unpaired) electrons. The van der Waals surface area contributed by atoms with Gasteiger partial charge < -0.3 is 14.5 Å². The summed E-state index contributed by atoms with van der Waals surface area (Å²) < 4.78 is 7.62. The van der Waals surface area contributed by atoms with Crippen molar-refractivity contribution in [3.05, 3.63) is 35.3 Å². The zero-order valence-corrected chi connectivity index (χ0v) is 13.4. The molecule has 118 valence electrons. The monoisotopic (exact) mass is 301 g/mol. The SMILES string of the molecule is CCCOC1CC(NC(=O)c2ccn3c(C)cc(C)nc23)C1. The Balaban J connectivity index is 1.67. The smallest absolute Gasteiger partial charge is 0.255 e. The van der Waals surface area contributed by atoms with Crippen molar-refractivity contribution >= 4 is 11.6 Å².